The monoisotopic (exact) mass is 314 g/mol. The van der Waals surface area contributed by atoms with Crippen molar-refractivity contribution in [2.24, 2.45) is 5.73 Å². The summed E-state index contributed by atoms with van der Waals surface area (Å²) in [6.45, 7) is 2.38. The molecule has 0 bridgehead atoms. The summed E-state index contributed by atoms with van der Waals surface area (Å²) in [6, 6.07) is 13.3. The molecule has 0 aromatic heterocycles. The third-order valence-electron chi connectivity index (χ3n) is 2.96. The van der Waals surface area contributed by atoms with Crippen LogP contribution in [0.2, 0.25) is 0 Å². The molecule has 0 spiro atoms. The maximum absolute atomic E-state index is 11.8. The lowest BCUT2D eigenvalue weighted by Gasteiger charge is -2.09. The van der Waals surface area contributed by atoms with Gasteiger partial charge in [0.05, 0.1) is 6.61 Å². The maximum atomic E-state index is 11.8. The summed E-state index contributed by atoms with van der Waals surface area (Å²) in [6.07, 6.45) is 0. The zero-order chi connectivity index (χ0) is 16.7. The van der Waals surface area contributed by atoms with E-state index in [4.69, 9.17) is 15.2 Å². The Labute approximate surface area is 134 Å². The second-order valence-corrected chi connectivity index (χ2v) is 4.68. The molecular weight excluding hydrogens is 296 g/mol. The van der Waals surface area contributed by atoms with Gasteiger partial charge in [0, 0.05) is 11.3 Å². The number of nitrogens with one attached hydrogen (secondary N) is 1. The Morgan fingerprint density at radius 1 is 0.957 bits per heavy atom. The first kappa shape index (κ1) is 16.4. The molecule has 6 nitrogen and oxygen atoms in total. The van der Waals surface area contributed by atoms with E-state index in [0.29, 0.717) is 23.6 Å². The van der Waals surface area contributed by atoms with Crippen LogP contribution in [0, 0.1) is 0 Å². The first-order valence-electron chi connectivity index (χ1n) is 7.14. The number of benzene rings is 2. The fourth-order valence-corrected chi connectivity index (χ4v) is 1.86. The molecule has 0 aliphatic heterocycles. The molecule has 2 rings (SSSR count). The van der Waals surface area contributed by atoms with Gasteiger partial charge in [-0.3, -0.25) is 9.59 Å². The van der Waals surface area contributed by atoms with Gasteiger partial charge in [-0.2, -0.15) is 0 Å². The molecule has 0 radical (unpaired) electrons. The van der Waals surface area contributed by atoms with Gasteiger partial charge in [0.2, 0.25) is 5.91 Å². The van der Waals surface area contributed by atoms with Crippen molar-refractivity contribution in [3.8, 4) is 11.5 Å². The van der Waals surface area contributed by atoms with Crippen molar-refractivity contribution < 1.29 is 19.1 Å². The van der Waals surface area contributed by atoms with Gasteiger partial charge in [-0.15, -0.1) is 0 Å². The van der Waals surface area contributed by atoms with Gasteiger partial charge in [0.15, 0.2) is 6.61 Å². The molecule has 2 aromatic carbocycles. The number of primary amides is 1. The summed E-state index contributed by atoms with van der Waals surface area (Å²) in [5, 5.41) is 2.67. The molecule has 0 fully saturated rings. The molecule has 3 N–H and O–H groups in total. The van der Waals surface area contributed by atoms with E-state index in [0.717, 1.165) is 5.75 Å². The standard InChI is InChI=1S/C17H18N2O4/c1-2-22-14-7-9-15(10-8-14)23-11-16(20)19-13-5-3-12(4-6-13)17(18)21/h3-10H,2,11H2,1H3,(H2,18,21)(H,19,20). The molecule has 2 amide bonds. The highest BCUT2D eigenvalue weighted by Gasteiger charge is 2.05. The maximum Gasteiger partial charge on any atom is 0.262 e. The smallest absolute Gasteiger partial charge is 0.262 e. The third kappa shape index (κ3) is 5.03. The molecule has 0 aliphatic rings. The zero-order valence-electron chi connectivity index (χ0n) is 12.7. The Morgan fingerprint density at radius 2 is 1.52 bits per heavy atom. The summed E-state index contributed by atoms with van der Waals surface area (Å²) >= 11 is 0. The largest absolute Gasteiger partial charge is 0.494 e. The molecule has 0 saturated carbocycles. The molecular formula is C17H18N2O4. The van der Waals surface area contributed by atoms with Crippen molar-refractivity contribution in [1.82, 2.24) is 0 Å². The predicted molar refractivity (Wildman–Crippen MR) is 86.7 cm³/mol. The highest BCUT2D eigenvalue weighted by atomic mass is 16.5. The Morgan fingerprint density at radius 3 is 2.04 bits per heavy atom. The van der Waals surface area contributed by atoms with Crippen LogP contribution in [0.5, 0.6) is 11.5 Å². The van der Waals surface area contributed by atoms with E-state index in [1.54, 1.807) is 48.5 Å². The van der Waals surface area contributed by atoms with Crippen molar-refractivity contribution in [3.63, 3.8) is 0 Å². The molecule has 6 heteroatoms. The lowest BCUT2D eigenvalue weighted by atomic mass is 10.2. The van der Waals surface area contributed by atoms with Crippen LogP contribution in [-0.4, -0.2) is 25.0 Å². The fraction of sp³-hybridized carbons (Fsp3) is 0.176. The van der Waals surface area contributed by atoms with Crippen LogP contribution in [-0.2, 0) is 4.79 Å². The van der Waals surface area contributed by atoms with Crippen LogP contribution in [0.25, 0.3) is 0 Å². The SMILES string of the molecule is CCOc1ccc(OCC(=O)Nc2ccc(C(N)=O)cc2)cc1. The Balaban J connectivity index is 1.83. The molecule has 0 atom stereocenters. The zero-order valence-corrected chi connectivity index (χ0v) is 12.7. The summed E-state index contributed by atoms with van der Waals surface area (Å²) in [4.78, 5) is 22.8. The van der Waals surface area contributed by atoms with E-state index in [-0.39, 0.29) is 12.5 Å². The van der Waals surface area contributed by atoms with Crippen LogP contribution < -0.4 is 20.5 Å². The van der Waals surface area contributed by atoms with Crippen molar-refractivity contribution in [2.45, 2.75) is 6.92 Å². The van der Waals surface area contributed by atoms with Gasteiger partial charge < -0.3 is 20.5 Å². The van der Waals surface area contributed by atoms with Gasteiger partial charge >= 0.3 is 0 Å². The van der Waals surface area contributed by atoms with Crippen LogP contribution in [0.15, 0.2) is 48.5 Å². The topological polar surface area (TPSA) is 90.7 Å². The van der Waals surface area contributed by atoms with Crippen LogP contribution in [0.4, 0.5) is 5.69 Å². The van der Waals surface area contributed by atoms with Crippen molar-refractivity contribution in [3.05, 3.63) is 54.1 Å². The van der Waals surface area contributed by atoms with Gasteiger partial charge in [-0.25, -0.2) is 0 Å². The van der Waals surface area contributed by atoms with Gasteiger partial charge in [0.25, 0.3) is 5.91 Å². The van der Waals surface area contributed by atoms with Gasteiger partial charge in [0.1, 0.15) is 11.5 Å². The van der Waals surface area contributed by atoms with E-state index in [1.165, 1.54) is 0 Å². The predicted octanol–water partition coefficient (Wildman–Crippen LogP) is 2.20. The average Bonchev–Trinajstić information content (AvgIpc) is 2.55. The Bertz CT molecular complexity index is 666. The molecule has 0 unspecified atom stereocenters. The summed E-state index contributed by atoms with van der Waals surface area (Å²) < 4.78 is 10.7. The van der Waals surface area contributed by atoms with Crippen molar-refractivity contribution >= 4 is 17.5 Å². The van der Waals surface area contributed by atoms with E-state index in [2.05, 4.69) is 5.32 Å². The first-order chi connectivity index (χ1) is 11.1. The normalized spacial score (nSPS) is 9.96. The number of rotatable bonds is 7. The van der Waals surface area contributed by atoms with E-state index >= 15 is 0 Å². The number of carbonyl (C=O) groups is 2. The minimum atomic E-state index is -0.512. The number of ether oxygens (including phenoxy) is 2. The Hall–Kier alpha value is -3.02. The number of amides is 2. The second kappa shape index (κ2) is 7.84. The van der Waals surface area contributed by atoms with Crippen LogP contribution in [0.3, 0.4) is 0 Å². The second-order valence-electron chi connectivity index (χ2n) is 4.68. The number of anilines is 1. The highest BCUT2D eigenvalue weighted by molar-refractivity contribution is 5.95. The molecule has 120 valence electrons. The van der Waals surface area contributed by atoms with Crippen LogP contribution >= 0.6 is 0 Å². The number of nitrogens with two attached hydrogens (primary N) is 1. The fourth-order valence-electron chi connectivity index (χ4n) is 1.86. The summed E-state index contributed by atoms with van der Waals surface area (Å²) in [5.41, 5.74) is 6.10. The quantitative estimate of drug-likeness (QED) is 0.819. The lowest BCUT2D eigenvalue weighted by Crippen LogP contribution is -2.20. The third-order valence-corrected chi connectivity index (χ3v) is 2.96. The molecule has 0 aliphatic carbocycles. The highest BCUT2D eigenvalue weighted by Crippen LogP contribution is 2.17. The average molecular weight is 314 g/mol. The molecule has 2 aromatic rings. The minimum Gasteiger partial charge on any atom is -0.494 e. The van der Waals surface area contributed by atoms with E-state index in [9.17, 15) is 9.59 Å². The molecule has 0 saturated heterocycles. The first-order valence-corrected chi connectivity index (χ1v) is 7.14. The molecule has 0 heterocycles. The number of carbonyl (C=O) groups excluding carboxylic acids is 2. The molecule has 23 heavy (non-hydrogen) atoms. The van der Waals surface area contributed by atoms with E-state index < -0.39 is 5.91 Å². The number of hydrogen-bond donors (Lipinski definition) is 2. The summed E-state index contributed by atoms with van der Waals surface area (Å²) in [5.74, 6) is 0.513. The minimum absolute atomic E-state index is 0.119. The number of hydrogen-bond acceptors (Lipinski definition) is 4. The van der Waals surface area contributed by atoms with Crippen LogP contribution in [0.1, 0.15) is 17.3 Å². The summed E-state index contributed by atoms with van der Waals surface area (Å²) in [7, 11) is 0. The van der Waals surface area contributed by atoms with Gasteiger partial charge in [-0.05, 0) is 55.5 Å². The lowest BCUT2D eigenvalue weighted by molar-refractivity contribution is -0.118. The van der Waals surface area contributed by atoms with E-state index in [1.807, 2.05) is 6.92 Å². The Kier molecular flexibility index (Phi) is 5.57. The van der Waals surface area contributed by atoms with Gasteiger partial charge in [-0.1, -0.05) is 0 Å². The van der Waals surface area contributed by atoms with Crippen molar-refractivity contribution in [1.29, 1.82) is 0 Å². The van der Waals surface area contributed by atoms with Crippen molar-refractivity contribution in [2.75, 3.05) is 18.5 Å².